The molecule has 0 saturated carbocycles. The van der Waals surface area contributed by atoms with Crippen LogP contribution in [0.3, 0.4) is 0 Å². The maximum atomic E-state index is 13.0. The first-order valence-corrected chi connectivity index (χ1v) is 9.20. The monoisotopic (exact) mass is 361 g/mol. The first-order chi connectivity index (χ1) is 12.8. The standard InChI is InChI=1S/C24H27NO2/c1-7-10-18-13-21(22(26)14-17(18)8-2)24(27)25-23-19(15(3)4)11-9-12-20(23)16(5)6/h1,8-16,26H,2-6H3,(H,25,27)/b17-8-,18-10-. The molecule has 0 atom stereocenters. The molecule has 0 aliphatic rings. The molecular weight excluding hydrogens is 334 g/mol. The van der Waals surface area contributed by atoms with E-state index in [2.05, 4.69) is 38.9 Å². The Morgan fingerprint density at radius 3 is 2.19 bits per heavy atom. The highest BCUT2D eigenvalue weighted by Crippen LogP contribution is 2.33. The maximum absolute atomic E-state index is 13.0. The molecule has 0 radical (unpaired) electrons. The molecule has 0 aliphatic carbocycles. The van der Waals surface area contributed by atoms with Crippen molar-refractivity contribution in [1.29, 1.82) is 0 Å². The summed E-state index contributed by atoms with van der Waals surface area (Å²) in [6, 6.07) is 9.27. The fraction of sp³-hybridized carbons (Fsp3) is 0.292. The number of carbonyl (C=O) groups excluding carboxylic acids is 1. The topological polar surface area (TPSA) is 49.3 Å². The van der Waals surface area contributed by atoms with E-state index >= 15 is 0 Å². The number of aromatic hydroxyl groups is 1. The summed E-state index contributed by atoms with van der Waals surface area (Å²) in [5.74, 6) is 2.59. The average Bonchev–Trinajstić information content (AvgIpc) is 2.62. The molecule has 2 N–H and O–H groups in total. The number of para-hydroxylation sites is 1. The van der Waals surface area contributed by atoms with Crippen LogP contribution < -0.4 is 15.8 Å². The largest absolute Gasteiger partial charge is 0.507 e. The molecule has 1 amide bonds. The zero-order chi connectivity index (χ0) is 20.1. The number of phenols is 1. The zero-order valence-electron chi connectivity index (χ0n) is 16.6. The molecule has 3 heteroatoms. The Balaban J connectivity index is 2.58. The molecule has 2 rings (SSSR count). The molecule has 0 fully saturated rings. The zero-order valence-corrected chi connectivity index (χ0v) is 16.6. The van der Waals surface area contributed by atoms with Gasteiger partial charge in [-0.05, 0) is 58.5 Å². The van der Waals surface area contributed by atoms with Crippen molar-refractivity contribution in [3.63, 3.8) is 0 Å². The summed E-state index contributed by atoms with van der Waals surface area (Å²) in [7, 11) is 0. The van der Waals surface area contributed by atoms with Gasteiger partial charge in [0.05, 0.1) is 5.56 Å². The van der Waals surface area contributed by atoms with Crippen molar-refractivity contribution in [2.45, 2.75) is 46.5 Å². The lowest BCUT2D eigenvalue weighted by atomic mass is 9.92. The summed E-state index contributed by atoms with van der Waals surface area (Å²) in [4.78, 5) is 13.0. The van der Waals surface area contributed by atoms with Gasteiger partial charge in [-0.15, -0.1) is 6.42 Å². The Morgan fingerprint density at radius 1 is 1.11 bits per heavy atom. The molecule has 3 nitrogen and oxygen atoms in total. The van der Waals surface area contributed by atoms with E-state index in [1.54, 1.807) is 18.2 Å². The van der Waals surface area contributed by atoms with Crippen LogP contribution in [-0.2, 0) is 0 Å². The molecule has 0 aromatic heterocycles. The number of anilines is 1. The summed E-state index contributed by atoms with van der Waals surface area (Å²) in [6.45, 7) is 10.2. The fourth-order valence-electron chi connectivity index (χ4n) is 3.14. The van der Waals surface area contributed by atoms with Crippen LogP contribution in [0.5, 0.6) is 5.75 Å². The van der Waals surface area contributed by atoms with Crippen molar-refractivity contribution >= 4 is 23.7 Å². The SMILES string of the molecule is C#C/C=c1/cc(C(=O)Nc2c(C(C)C)cccc2C(C)C)c(O)c/c1=C/C. The number of terminal acetylenes is 1. The van der Waals surface area contributed by atoms with Gasteiger partial charge >= 0.3 is 0 Å². The minimum atomic E-state index is -0.350. The van der Waals surface area contributed by atoms with Gasteiger partial charge in [-0.1, -0.05) is 57.9 Å². The highest BCUT2D eigenvalue weighted by molar-refractivity contribution is 6.07. The van der Waals surface area contributed by atoms with E-state index in [4.69, 9.17) is 6.42 Å². The average molecular weight is 361 g/mol. The number of amides is 1. The molecule has 2 aromatic rings. The van der Waals surface area contributed by atoms with Crippen LogP contribution in [0.25, 0.3) is 12.2 Å². The van der Waals surface area contributed by atoms with Gasteiger partial charge in [-0.2, -0.15) is 0 Å². The highest BCUT2D eigenvalue weighted by atomic mass is 16.3. The van der Waals surface area contributed by atoms with Crippen LogP contribution in [0.4, 0.5) is 5.69 Å². The first-order valence-electron chi connectivity index (χ1n) is 9.20. The van der Waals surface area contributed by atoms with Gasteiger partial charge in [-0.3, -0.25) is 4.79 Å². The van der Waals surface area contributed by atoms with Crippen LogP contribution in [-0.4, -0.2) is 11.0 Å². The number of rotatable bonds is 4. The molecule has 140 valence electrons. The van der Waals surface area contributed by atoms with Crippen LogP contribution in [0, 0.1) is 12.3 Å². The van der Waals surface area contributed by atoms with E-state index in [-0.39, 0.29) is 29.1 Å². The Kier molecular flexibility index (Phi) is 6.47. The lowest BCUT2D eigenvalue weighted by molar-refractivity contribution is 0.102. The second-order valence-corrected chi connectivity index (χ2v) is 7.17. The van der Waals surface area contributed by atoms with Crippen molar-refractivity contribution in [2.24, 2.45) is 0 Å². The molecule has 0 aliphatic heterocycles. The summed E-state index contributed by atoms with van der Waals surface area (Å²) in [5.41, 5.74) is 3.17. The van der Waals surface area contributed by atoms with Crippen LogP contribution >= 0.6 is 0 Å². The smallest absolute Gasteiger partial charge is 0.259 e. The fourth-order valence-corrected chi connectivity index (χ4v) is 3.14. The molecule has 2 aromatic carbocycles. The minimum absolute atomic E-state index is 0.0668. The van der Waals surface area contributed by atoms with E-state index < -0.39 is 0 Å². The van der Waals surface area contributed by atoms with E-state index in [1.165, 1.54) is 0 Å². The number of nitrogens with one attached hydrogen (secondary N) is 1. The van der Waals surface area contributed by atoms with Gasteiger partial charge in [0.2, 0.25) is 0 Å². The van der Waals surface area contributed by atoms with E-state index in [9.17, 15) is 9.90 Å². The van der Waals surface area contributed by atoms with Crippen LogP contribution in [0.1, 0.15) is 67.9 Å². The van der Waals surface area contributed by atoms with Gasteiger partial charge in [0.1, 0.15) is 5.75 Å². The Labute approximate surface area is 161 Å². The predicted octanol–water partition coefficient (Wildman–Crippen LogP) is 4.11. The molecule has 0 unspecified atom stereocenters. The number of hydrogen-bond acceptors (Lipinski definition) is 2. The summed E-state index contributed by atoms with van der Waals surface area (Å²) in [6.07, 6.45) is 8.83. The van der Waals surface area contributed by atoms with E-state index in [0.29, 0.717) is 0 Å². The van der Waals surface area contributed by atoms with Gasteiger partial charge in [-0.25, -0.2) is 0 Å². The summed E-state index contributed by atoms with van der Waals surface area (Å²) >= 11 is 0. The first kappa shape index (κ1) is 20.3. The lowest BCUT2D eigenvalue weighted by Gasteiger charge is -2.20. The Morgan fingerprint density at radius 2 is 1.70 bits per heavy atom. The van der Waals surface area contributed by atoms with Gasteiger partial charge < -0.3 is 10.4 Å². The Hall–Kier alpha value is -2.99. The molecule has 0 bridgehead atoms. The van der Waals surface area contributed by atoms with Crippen molar-refractivity contribution in [2.75, 3.05) is 5.32 Å². The van der Waals surface area contributed by atoms with Gasteiger partial charge in [0.15, 0.2) is 0 Å². The summed E-state index contributed by atoms with van der Waals surface area (Å²) in [5, 5.41) is 14.9. The Bertz CT molecular complexity index is 982. The maximum Gasteiger partial charge on any atom is 0.259 e. The van der Waals surface area contributed by atoms with Crippen molar-refractivity contribution < 1.29 is 9.90 Å². The third-order valence-electron chi connectivity index (χ3n) is 4.61. The van der Waals surface area contributed by atoms with Crippen molar-refractivity contribution in [3.8, 4) is 18.1 Å². The minimum Gasteiger partial charge on any atom is -0.507 e. The second kappa shape index (κ2) is 8.60. The molecule has 27 heavy (non-hydrogen) atoms. The summed E-state index contributed by atoms with van der Waals surface area (Å²) < 4.78 is 0. The molecule has 0 spiro atoms. The van der Waals surface area contributed by atoms with E-state index in [0.717, 1.165) is 27.3 Å². The van der Waals surface area contributed by atoms with Crippen LogP contribution in [0.15, 0.2) is 30.3 Å². The number of benzene rings is 2. The highest BCUT2D eigenvalue weighted by Gasteiger charge is 2.18. The van der Waals surface area contributed by atoms with Crippen molar-refractivity contribution in [3.05, 3.63) is 57.5 Å². The van der Waals surface area contributed by atoms with Gasteiger partial charge in [0.25, 0.3) is 5.91 Å². The van der Waals surface area contributed by atoms with Crippen molar-refractivity contribution in [1.82, 2.24) is 0 Å². The van der Waals surface area contributed by atoms with E-state index in [1.807, 2.05) is 31.2 Å². The molecule has 0 heterocycles. The molecule has 0 saturated heterocycles. The normalized spacial score (nSPS) is 12.5. The number of phenolic OH excluding ortho intramolecular Hbond substituents is 1. The predicted molar refractivity (Wildman–Crippen MR) is 113 cm³/mol. The quantitative estimate of drug-likeness (QED) is 0.806. The third-order valence-corrected chi connectivity index (χ3v) is 4.61. The molecular formula is C24H27NO2. The van der Waals surface area contributed by atoms with Crippen LogP contribution in [0.2, 0.25) is 0 Å². The lowest BCUT2D eigenvalue weighted by Crippen LogP contribution is -2.27. The second-order valence-electron chi connectivity index (χ2n) is 7.17. The third kappa shape index (κ3) is 4.41. The van der Waals surface area contributed by atoms with Gasteiger partial charge in [0, 0.05) is 5.69 Å². The number of hydrogen-bond donors (Lipinski definition) is 2. The number of carbonyl (C=O) groups is 1.